The van der Waals surface area contributed by atoms with E-state index in [1.54, 1.807) is 11.3 Å². The van der Waals surface area contributed by atoms with Gasteiger partial charge in [0.2, 0.25) is 5.91 Å². The molecule has 1 amide bonds. The van der Waals surface area contributed by atoms with Crippen molar-refractivity contribution >= 4 is 44.3 Å². The van der Waals surface area contributed by atoms with E-state index in [9.17, 15) is 4.79 Å². The molecule has 0 saturated carbocycles. The van der Waals surface area contributed by atoms with Crippen LogP contribution in [0.4, 0.5) is 5.82 Å². The lowest BCUT2D eigenvalue weighted by atomic mass is 10.0. The number of benzene rings is 1. The van der Waals surface area contributed by atoms with Gasteiger partial charge in [-0.1, -0.05) is 12.6 Å². The van der Waals surface area contributed by atoms with Gasteiger partial charge in [0, 0.05) is 17.8 Å². The predicted octanol–water partition coefficient (Wildman–Crippen LogP) is 4.08. The van der Waals surface area contributed by atoms with Gasteiger partial charge in [0.1, 0.15) is 17.8 Å². The number of amides is 1. The highest BCUT2D eigenvalue weighted by molar-refractivity contribution is 7.16. The number of carbonyl (C=O) groups excluding carboxylic acids is 1. The summed E-state index contributed by atoms with van der Waals surface area (Å²) < 4.78 is 3.03. The smallest absolute Gasteiger partial charge is 0.250 e. The number of hydrogen-bond donors (Lipinski definition) is 1. The molecule has 1 atom stereocenters. The number of anilines is 1. The summed E-state index contributed by atoms with van der Waals surface area (Å²) in [5, 5.41) is 5.76. The van der Waals surface area contributed by atoms with E-state index < -0.39 is 0 Å². The van der Waals surface area contributed by atoms with Crippen LogP contribution < -0.4 is 5.73 Å². The van der Waals surface area contributed by atoms with Crippen molar-refractivity contribution in [2.75, 3.05) is 12.3 Å². The molecule has 0 spiro atoms. The molecular weight excluding hydrogens is 422 g/mol. The minimum atomic E-state index is -0.0770. The zero-order valence-electron chi connectivity index (χ0n) is 17.4. The van der Waals surface area contributed by atoms with E-state index in [2.05, 4.69) is 27.6 Å². The minimum absolute atomic E-state index is 0.0643. The number of nitrogens with zero attached hydrogens (tertiary/aromatic N) is 6. The molecular formula is C23H21N7OS. The van der Waals surface area contributed by atoms with E-state index in [4.69, 9.17) is 10.8 Å². The molecule has 32 heavy (non-hydrogen) atoms. The van der Waals surface area contributed by atoms with Crippen LogP contribution in [0.25, 0.3) is 32.5 Å². The number of allylic oxidation sites excluding steroid dienone is 2. The second-order valence-corrected chi connectivity index (χ2v) is 9.01. The van der Waals surface area contributed by atoms with E-state index in [0.717, 1.165) is 58.2 Å². The van der Waals surface area contributed by atoms with Crippen LogP contribution in [0.2, 0.25) is 0 Å². The summed E-state index contributed by atoms with van der Waals surface area (Å²) in [6, 6.07) is 6.01. The Bertz CT molecular complexity index is 1430. The number of nitrogens with two attached hydrogens (primary N) is 1. The Morgan fingerprint density at radius 2 is 2.16 bits per heavy atom. The zero-order chi connectivity index (χ0) is 21.8. The lowest BCUT2D eigenvalue weighted by molar-refractivity contribution is -0.124. The van der Waals surface area contributed by atoms with Crippen molar-refractivity contribution in [3.63, 3.8) is 0 Å². The van der Waals surface area contributed by atoms with Gasteiger partial charge in [0.05, 0.1) is 27.2 Å². The van der Waals surface area contributed by atoms with Crippen molar-refractivity contribution in [3.8, 4) is 11.3 Å². The van der Waals surface area contributed by atoms with E-state index in [1.165, 1.54) is 18.0 Å². The Morgan fingerprint density at radius 1 is 1.25 bits per heavy atom. The average molecular weight is 444 g/mol. The summed E-state index contributed by atoms with van der Waals surface area (Å²) in [6.45, 7) is 4.40. The largest absolute Gasteiger partial charge is 0.383 e. The summed E-state index contributed by atoms with van der Waals surface area (Å²) in [5.74, 6) is 0.334. The topological polar surface area (TPSA) is 103 Å². The highest BCUT2D eigenvalue weighted by Crippen LogP contribution is 2.44. The first-order valence-corrected chi connectivity index (χ1v) is 11.5. The van der Waals surface area contributed by atoms with Crippen LogP contribution in [-0.4, -0.2) is 42.1 Å². The van der Waals surface area contributed by atoms with E-state index >= 15 is 0 Å². The van der Waals surface area contributed by atoms with Crippen LogP contribution >= 0.6 is 11.3 Å². The fraction of sp³-hybridized carbons (Fsp3) is 0.261. The van der Waals surface area contributed by atoms with Crippen LogP contribution in [0.3, 0.4) is 0 Å². The Kier molecular flexibility index (Phi) is 4.32. The number of rotatable bonds is 3. The molecule has 0 bridgehead atoms. The van der Waals surface area contributed by atoms with Gasteiger partial charge < -0.3 is 10.6 Å². The maximum Gasteiger partial charge on any atom is 0.250 e. The molecule has 2 aliphatic rings. The number of carbonyl (C=O) groups is 1. The predicted molar refractivity (Wildman–Crippen MR) is 125 cm³/mol. The van der Waals surface area contributed by atoms with Crippen molar-refractivity contribution in [1.29, 1.82) is 0 Å². The Hall–Kier alpha value is -3.59. The first kappa shape index (κ1) is 19.1. The summed E-state index contributed by atoms with van der Waals surface area (Å²) in [6.07, 6.45) is 6.68. The maximum atomic E-state index is 12.6. The lowest BCUT2D eigenvalue weighted by Gasteiger charge is -2.31. The Labute approximate surface area is 188 Å². The summed E-state index contributed by atoms with van der Waals surface area (Å²) in [7, 11) is 0. The fourth-order valence-corrected chi connectivity index (χ4v) is 5.72. The molecule has 8 nitrogen and oxygen atoms in total. The third-order valence-corrected chi connectivity index (χ3v) is 7.20. The van der Waals surface area contributed by atoms with Crippen molar-refractivity contribution in [2.24, 2.45) is 0 Å². The van der Waals surface area contributed by atoms with Gasteiger partial charge in [-0.3, -0.25) is 4.79 Å². The zero-order valence-corrected chi connectivity index (χ0v) is 18.2. The molecule has 4 heterocycles. The first-order valence-electron chi connectivity index (χ1n) is 10.6. The van der Waals surface area contributed by atoms with Crippen molar-refractivity contribution in [1.82, 2.24) is 29.6 Å². The summed E-state index contributed by atoms with van der Waals surface area (Å²) >= 11 is 1.59. The molecule has 1 aliphatic carbocycles. The van der Waals surface area contributed by atoms with Gasteiger partial charge in [0.15, 0.2) is 5.65 Å². The molecule has 0 radical (unpaired) electrons. The number of thiazole rings is 1. The van der Waals surface area contributed by atoms with Crippen LogP contribution in [0, 0.1) is 0 Å². The van der Waals surface area contributed by atoms with Gasteiger partial charge in [-0.2, -0.15) is 5.10 Å². The molecule has 2 N–H and O–H groups in total. The van der Waals surface area contributed by atoms with Crippen LogP contribution in [-0.2, 0) is 4.79 Å². The average Bonchev–Trinajstić information content (AvgIpc) is 3.54. The SMILES string of the molecule is C=CC(=O)N1CCCC2=C1C(n1nc(-c3ccc4ncsc4c3)c3c(N)ncnc31)CC2. The van der Waals surface area contributed by atoms with Gasteiger partial charge in [-0.05, 0) is 49.5 Å². The highest BCUT2D eigenvalue weighted by Gasteiger charge is 2.37. The molecule has 0 saturated heterocycles. The summed E-state index contributed by atoms with van der Waals surface area (Å²) in [5.41, 5.74) is 13.9. The second kappa shape index (κ2) is 7.23. The van der Waals surface area contributed by atoms with Gasteiger partial charge in [0.25, 0.3) is 0 Å². The van der Waals surface area contributed by atoms with E-state index in [1.807, 2.05) is 27.2 Å². The normalized spacial score (nSPS) is 18.5. The first-order chi connectivity index (χ1) is 15.7. The monoisotopic (exact) mass is 443 g/mol. The molecule has 1 unspecified atom stereocenters. The molecule has 1 aliphatic heterocycles. The van der Waals surface area contributed by atoms with Gasteiger partial charge >= 0.3 is 0 Å². The van der Waals surface area contributed by atoms with E-state index in [0.29, 0.717) is 18.0 Å². The standard InChI is InChI=1S/C23H21N7OS/c1-2-18(31)29-9-3-4-13-6-8-16(21(13)29)30-23-19(22(24)25-11-26-23)20(28-30)14-5-7-15-17(10-14)32-12-27-15/h2,5,7,10-12,16H,1,3-4,6,8-9H2,(H2,24,25,26). The molecule has 4 aromatic rings. The molecule has 0 fully saturated rings. The number of fused-ring (bicyclic) bond motifs is 2. The molecule has 160 valence electrons. The van der Waals surface area contributed by atoms with Crippen LogP contribution in [0.5, 0.6) is 0 Å². The molecule has 1 aromatic carbocycles. The third kappa shape index (κ3) is 2.77. The number of hydrogen-bond acceptors (Lipinski definition) is 7. The number of aromatic nitrogens is 5. The highest BCUT2D eigenvalue weighted by atomic mass is 32.1. The lowest BCUT2D eigenvalue weighted by Crippen LogP contribution is -2.35. The third-order valence-electron chi connectivity index (χ3n) is 6.41. The number of nitrogen functional groups attached to an aromatic ring is 1. The minimum Gasteiger partial charge on any atom is -0.383 e. The molecule has 6 rings (SSSR count). The second-order valence-electron chi connectivity index (χ2n) is 8.13. The van der Waals surface area contributed by atoms with Crippen LogP contribution in [0.1, 0.15) is 31.7 Å². The molecule has 9 heteroatoms. The summed E-state index contributed by atoms with van der Waals surface area (Å²) in [4.78, 5) is 27.7. The maximum absolute atomic E-state index is 12.6. The fourth-order valence-electron chi connectivity index (χ4n) is 5.00. The van der Waals surface area contributed by atoms with Crippen molar-refractivity contribution in [2.45, 2.75) is 31.7 Å². The van der Waals surface area contributed by atoms with E-state index in [-0.39, 0.29) is 11.9 Å². The van der Waals surface area contributed by atoms with Crippen molar-refractivity contribution < 1.29 is 4.79 Å². The van der Waals surface area contributed by atoms with Crippen molar-refractivity contribution in [3.05, 3.63) is 54.0 Å². The quantitative estimate of drug-likeness (QED) is 0.479. The molecule has 3 aromatic heterocycles. The van der Waals surface area contributed by atoms with Gasteiger partial charge in [-0.25, -0.2) is 19.6 Å². The Morgan fingerprint density at radius 3 is 3.03 bits per heavy atom. The Balaban J connectivity index is 1.55. The van der Waals surface area contributed by atoms with Crippen LogP contribution in [0.15, 0.2) is 54.0 Å². The van der Waals surface area contributed by atoms with Gasteiger partial charge in [-0.15, -0.1) is 11.3 Å².